The molecule has 2 amide bonds. The molecule has 2 heterocycles. The van der Waals surface area contributed by atoms with Crippen LogP contribution >= 0.6 is 11.3 Å². The van der Waals surface area contributed by atoms with Crippen LogP contribution in [0.5, 0.6) is 0 Å². The first-order valence-corrected chi connectivity index (χ1v) is 7.15. The Morgan fingerprint density at radius 1 is 1.47 bits per heavy atom. The summed E-state index contributed by atoms with van der Waals surface area (Å²) in [6.07, 6.45) is 0. The minimum Gasteiger partial charge on any atom is -0.345 e. The molecule has 0 aliphatic carbocycles. The topological polar surface area (TPSA) is 62.3 Å². The lowest BCUT2D eigenvalue weighted by Crippen LogP contribution is -2.62. The van der Waals surface area contributed by atoms with E-state index in [-0.39, 0.29) is 23.8 Å². The van der Waals surface area contributed by atoms with E-state index in [1.54, 1.807) is 16.2 Å². The second-order valence-corrected chi connectivity index (χ2v) is 6.93. The molecule has 0 bridgehead atoms. The quantitative estimate of drug-likeness (QED) is 0.889. The number of piperazine rings is 1. The maximum Gasteiger partial charge on any atom is 0.243 e. The maximum atomic E-state index is 12.1. The molecule has 1 saturated heterocycles. The van der Waals surface area contributed by atoms with Crippen molar-refractivity contribution in [2.45, 2.75) is 40.3 Å². The summed E-state index contributed by atoms with van der Waals surface area (Å²) in [4.78, 5) is 30.2. The molecule has 1 aliphatic heterocycles. The third-order valence-electron chi connectivity index (χ3n) is 3.11. The largest absolute Gasteiger partial charge is 0.345 e. The van der Waals surface area contributed by atoms with E-state index in [4.69, 9.17) is 0 Å². The van der Waals surface area contributed by atoms with Gasteiger partial charge in [0, 0.05) is 5.38 Å². The number of nitrogens with one attached hydrogen (secondary N) is 1. The second-order valence-electron chi connectivity index (χ2n) is 5.87. The van der Waals surface area contributed by atoms with Crippen LogP contribution in [-0.2, 0) is 16.1 Å². The molecule has 1 aliphatic rings. The van der Waals surface area contributed by atoms with Gasteiger partial charge in [0.15, 0.2) is 0 Å². The van der Waals surface area contributed by atoms with Crippen molar-refractivity contribution in [2.75, 3.05) is 6.54 Å². The number of rotatable bonds is 2. The molecule has 2 rings (SSSR count). The number of aryl methyl sites for hydroxylation is 1. The minimum atomic E-state index is -0.448. The summed E-state index contributed by atoms with van der Waals surface area (Å²) in [6, 6.07) is -0.448. The summed E-state index contributed by atoms with van der Waals surface area (Å²) >= 11 is 1.55. The van der Waals surface area contributed by atoms with Crippen molar-refractivity contribution in [2.24, 2.45) is 5.41 Å². The summed E-state index contributed by atoms with van der Waals surface area (Å²) in [5, 5.41) is 5.57. The van der Waals surface area contributed by atoms with Crippen LogP contribution in [0.15, 0.2) is 5.38 Å². The summed E-state index contributed by atoms with van der Waals surface area (Å²) in [7, 11) is 0. The van der Waals surface area contributed by atoms with Gasteiger partial charge >= 0.3 is 0 Å². The van der Waals surface area contributed by atoms with E-state index in [1.165, 1.54) is 0 Å². The molecule has 104 valence electrons. The number of carbonyl (C=O) groups is 2. The van der Waals surface area contributed by atoms with Gasteiger partial charge in [-0.2, -0.15) is 0 Å². The van der Waals surface area contributed by atoms with E-state index in [1.807, 2.05) is 33.1 Å². The van der Waals surface area contributed by atoms with E-state index >= 15 is 0 Å². The Morgan fingerprint density at radius 2 is 2.16 bits per heavy atom. The van der Waals surface area contributed by atoms with Crippen LogP contribution in [0.1, 0.15) is 31.5 Å². The van der Waals surface area contributed by atoms with Gasteiger partial charge < -0.3 is 10.2 Å². The fourth-order valence-corrected chi connectivity index (χ4v) is 2.95. The van der Waals surface area contributed by atoms with E-state index in [0.717, 1.165) is 10.7 Å². The Labute approximate surface area is 117 Å². The van der Waals surface area contributed by atoms with Gasteiger partial charge in [0.1, 0.15) is 6.04 Å². The highest BCUT2D eigenvalue weighted by Gasteiger charge is 2.42. The summed E-state index contributed by atoms with van der Waals surface area (Å²) in [6.45, 7) is 8.31. The van der Waals surface area contributed by atoms with E-state index in [9.17, 15) is 9.59 Å². The molecule has 6 heteroatoms. The predicted octanol–water partition coefficient (Wildman–Crippen LogP) is 1.32. The first-order valence-electron chi connectivity index (χ1n) is 6.27. The van der Waals surface area contributed by atoms with E-state index in [0.29, 0.717) is 6.54 Å². The maximum absolute atomic E-state index is 12.1. The zero-order chi connectivity index (χ0) is 14.2. The molecule has 1 aromatic heterocycles. The smallest absolute Gasteiger partial charge is 0.243 e. The summed E-state index contributed by atoms with van der Waals surface area (Å²) in [5.74, 6) is -0.135. The molecule has 1 aromatic rings. The molecule has 0 radical (unpaired) electrons. The van der Waals surface area contributed by atoms with Gasteiger partial charge in [0.25, 0.3) is 0 Å². The SMILES string of the molecule is Cc1nc(CN2C(=O)CNC(=O)C2C(C)(C)C)cs1. The molecule has 0 spiro atoms. The number of carbonyl (C=O) groups excluding carboxylic acids is 2. The molecular weight excluding hydrogens is 262 g/mol. The van der Waals surface area contributed by atoms with Crippen LogP contribution in [-0.4, -0.2) is 34.3 Å². The van der Waals surface area contributed by atoms with Crippen LogP contribution in [0.3, 0.4) is 0 Å². The van der Waals surface area contributed by atoms with Crippen LogP contribution in [0, 0.1) is 12.3 Å². The Morgan fingerprint density at radius 3 is 2.68 bits per heavy atom. The molecule has 1 fully saturated rings. The van der Waals surface area contributed by atoms with Crippen molar-refractivity contribution in [3.8, 4) is 0 Å². The number of hydrogen-bond donors (Lipinski definition) is 1. The molecule has 1 N–H and O–H groups in total. The van der Waals surface area contributed by atoms with Crippen molar-refractivity contribution in [1.82, 2.24) is 15.2 Å². The van der Waals surface area contributed by atoms with Crippen molar-refractivity contribution >= 4 is 23.2 Å². The Kier molecular flexibility index (Phi) is 3.62. The van der Waals surface area contributed by atoms with Crippen LogP contribution < -0.4 is 5.32 Å². The van der Waals surface area contributed by atoms with Gasteiger partial charge in [-0.05, 0) is 12.3 Å². The number of amides is 2. The van der Waals surface area contributed by atoms with Gasteiger partial charge in [0.05, 0.1) is 23.8 Å². The zero-order valence-corrected chi connectivity index (χ0v) is 12.5. The Hall–Kier alpha value is -1.43. The molecule has 0 saturated carbocycles. The van der Waals surface area contributed by atoms with E-state index in [2.05, 4.69) is 10.3 Å². The normalized spacial score (nSPS) is 20.6. The summed E-state index contributed by atoms with van der Waals surface area (Å²) < 4.78 is 0. The Balaban J connectivity index is 2.27. The average molecular weight is 281 g/mol. The predicted molar refractivity (Wildman–Crippen MR) is 73.7 cm³/mol. The second kappa shape index (κ2) is 4.92. The molecule has 5 nitrogen and oxygen atoms in total. The highest BCUT2D eigenvalue weighted by Crippen LogP contribution is 2.28. The molecule has 1 unspecified atom stereocenters. The van der Waals surface area contributed by atoms with Gasteiger partial charge in [0.2, 0.25) is 11.8 Å². The number of nitrogens with zero attached hydrogens (tertiary/aromatic N) is 2. The molecular formula is C13H19N3O2S. The highest BCUT2D eigenvalue weighted by molar-refractivity contribution is 7.09. The fraction of sp³-hybridized carbons (Fsp3) is 0.615. The van der Waals surface area contributed by atoms with Crippen LogP contribution in [0.25, 0.3) is 0 Å². The van der Waals surface area contributed by atoms with Crippen molar-refractivity contribution in [3.05, 3.63) is 16.1 Å². The monoisotopic (exact) mass is 281 g/mol. The molecule has 1 atom stereocenters. The van der Waals surface area contributed by atoms with Crippen molar-refractivity contribution < 1.29 is 9.59 Å². The van der Waals surface area contributed by atoms with Gasteiger partial charge in [-0.15, -0.1) is 11.3 Å². The van der Waals surface area contributed by atoms with Crippen molar-refractivity contribution in [1.29, 1.82) is 0 Å². The first kappa shape index (κ1) is 14.0. The lowest BCUT2D eigenvalue weighted by atomic mass is 9.84. The van der Waals surface area contributed by atoms with Gasteiger partial charge in [-0.3, -0.25) is 9.59 Å². The van der Waals surface area contributed by atoms with Crippen LogP contribution in [0.4, 0.5) is 0 Å². The number of aromatic nitrogens is 1. The zero-order valence-electron chi connectivity index (χ0n) is 11.7. The summed E-state index contributed by atoms with van der Waals surface area (Å²) in [5.41, 5.74) is 0.547. The third-order valence-corrected chi connectivity index (χ3v) is 3.94. The molecule has 19 heavy (non-hydrogen) atoms. The minimum absolute atomic E-state index is 0.0508. The van der Waals surface area contributed by atoms with Gasteiger partial charge in [-0.25, -0.2) is 4.98 Å². The van der Waals surface area contributed by atoms with E-state index < -0.39 is 6.04 Å². The molecule has 0 aromatic carbocycles. The highest BCUT2D eigenvalue weighted by atomic mass is 32.1. The van der Waals surface area contributed by atoms with Crippen LogP contribution in [0.2, 0.25) is 0 Å². The van der Waals surface area contributed by atoms with Gasteiger partial charge in [-0.1, -0.05) is 20.8 Å². The standard InChI is InChI=1S/C13H19N3O2S/c1-8-15-9(7-19-8)6-16-10(17)5-14-12(18)11(16)13(2,3)4/h7,11H,5-6H2,1-4H3,(H,14,18). The lowest BCUT2D eigenvalue weighted by molar-refractivity contribution is -0.150. The Bertz CT molecular complexity index is 504. The average Bonchev–Trinajstić information content (AvgIpc) is 2.68. The fourth-order valence-electron chi connectivity index (χ4n) is 2.34. The van der Waals surface area contributed by atoms with Crippen molar-refractivity contribution in [3.63, 3.8) is 0 Å². The first-order chi connectivity index (χ1) is 8.79. The number of hydrogen-bond acceptors (Lipinski definition) is 4. The lowest BCUT2D eigenvalue weighted by Gasteiger charge is -2.41. The number of thiazole rings is 1. The third kappa shape index (κ3) is 2.94.